The number of benzene rings is 3. The third kappa shape index (κ3) is 3.35. The fraction of sp³-hybridized carbons (Fsp3) is 0.0909. The molecule has 0 nitrogen and oxygen atoms in total. The Bertz CT molecular complexity index is 683. The molecule has 108 valence electrons. The SMILES string of the molecule is CC(C=C(c1ccccc1)c1ccccc1)c1ccccc1. The summed E-state index contributed by atoms with van der Waals surface area (Å²) in [4.78, 5) is 0. The first-order valence-electron chi connectivity index (χ1n) is 7.72. The van der Waals surface area contributed by atoms with Gasteiger partial charge in [0.05, 0.1) is 0 Å². The highest BCUT2D eigenvalue weighted by Crippen LogP contribution is 2.28. The van der Waals surface area contributed by atoms with Crippen molar-refractivity contribution in [3.63, 3.8) is 0 Å². The van der Waals surface area contributed by atoms with Gasteiger partial charge in [0.15, 0.2) is 0 Å². The first kappa shape index (κ1) is 14.3. The topological polar surface area (TPSA) is 0 Å². The molecule has 0 aromatic heterocycles. The molecule has 0 amide bonds. The first-order valence-corrected chi connectivity index (χ1v) is 7.72. The van der Waals surface area contributed by atoms with Gasteiger partial charge in [0.1, 0.15) is 0 Å². The van der Waals surface area contributed by atoms with Gasteiger partial charge >= 0.3 is 0 Å². The van der Waals surface area contributed by atoms with Crippen molar-refractivity contribution < 1.29 is 0 Å². The molecule has 0 saturated heterocycles. The highest BCUT2D eigenvalue weighted by atomic mass is 14.1. The van der Waals surface area contributed by atoms with E-state index in [1.54, 1.807) is 0 Å². The van der Waals surface area contributed by atoms with Gasteiger partial charge in [0, 0.05) is 0 Å². The molecule has 0 aliphatic heterocycles. The number of hydrogen-bond donors (Lipinski definition) is 0. The Morgan fingerprint density at radius 1 is 0.636 bits per heavy atom. The molecule has 0 bridgehead atoms. The average Bonchev–Trinajstić information content (AvgIpc) is 2.62. The van der Waals surface area contributed by atoms with Crippen molar-refractivity contribution in [3.8, 4) is 0 Å². The summed E-state index contributed by atoms with van der Waals surface area (Å²) in [6, 6.07) is 31.9. The smallest absolute Gasteiger partial charge is 0.000102 e. The lowest BCUT2D eigenvalue weighted by molar-refractivity contribution is 0.969. The lowest BCUT2D eigenvalue weighted by Crippen LogP contribution is -1.94. The lowest BCUT2D eigenvalue weighted by atomic mass is 9.91. The molecule has 1 atom stereocenters. The number of rotatable bonds is 4. The molecule has 3 rings (SSSR count). The van der Waals surface area contributed by atoms with Gasteiger partial charge in [-0.3, -0.25) is 0 Å². The van der Waals surface area contributed by atoms with Gasteiger partial charge in [-0.25, -0.2) is 0 Å². The standard InChI is InChI=1S/C22H20/c1-18(19-11-5-2-6-12-19)17-22(20-13-7-3-8-14-20)21-15-9-4-10-16-21/h2-18H,1H3. The van der Waals surface area contributed by atoms with Crippen LogP contribution in [0.3, 0.4) is 0 Å². The second kappa shape index (κ2) is 6.91. The summed E-state index contributed by atoms with van der Waals surface area (Å²) >= 11 is 0. The molecule has 0 heterocycles. The Labute approximate surface area is 132 Å². The van der Waals surface area contributed by atoms with Gasteiger partial charge in [-0.2, -0.15) is 0 Å². The van der Waals surface area contributed by atoms with Crippen molar-refractivity contribution in [2.24, 2.45) is 0 Å². The van der Waals surface area contributed by atoms with Crippen LogP contribution in [0.25, 0.3) is 5.57 Å². The molecule has 22 heavy (non-hydrogen) atoms. The quantitative estimate of drug-likeness (QED) is 0.557. The van der Waals surface area contributed by atoms with E-state index in [0.29, 0.717) is 5.92 Å². The van der Waals surface area contributed by atoms with Crippen molar-refractivity contribution in [2.45, 2.75) is 12.8 Å². The van der Waals surface area contributed by atoms with Crippen LogP contribution in [-0.2, 0) is 0 Å². The Hall–Kier alpha value is -2.60. The first-order chi connectivity index (χ1) is 10.8. The van der Waals surface area contributed by atoms with E-state index in [9.17, 15) is 0 Å². The Kier molecular flexibility index (Phi) is 4.50. The minimum Gasteiger partial charge on any atom is -0.0688 e. The third-order valence-corrected chi connectivity index (χ3v) is 3.91. The summed E-state index contributed by atoms with van der Waals surface area (Å²) in [5.74, 6) is 0.372. The zero-order valence-electron chi connectivity index (χ0n) is 12.8. The van der Waals surface area contributed by atoms with Crippen molar-refractivity contribution >= 4 is 5.57 Å². The van der Waals surface area contributed by atoms with E-state index in [4.69, 9.17) is 0 Å². The maximum Gasteiger partial charge on any atom is -0.000102 e. The maximum atomic E-state index is 2.36. The average molecular weight is 284 g/mol. The van der Waals surface area contributed by atoms with E-state index in [1.165, 1.54) is 22.3 Å². The van der Waals surface area contributed by atoms with Crippen LogP contribution in [0.15, 0.2) is 97.1 Å². The largest absolute Gasteiger partial charge is 0.0688 e. The molecular formula is C22H20. The molecule has 0 aliphatic rings. The summed E-state index contributed by atoms with van der Waals surface area (Å²) < 4.78 is 0. The van der Waals surface area contributed by atoms with E-state index < -0.39 is 0 Å². The fourth-order valence-corrected chi connectivity index (χ4v) is 2.70. The zero-order chi connectivity index (χ0) is 15.2. The molecular weight excluding hydrogens is 264 g/mol. The van der Waals surface area contributed by atoms with Crippen LogP contribution in [0, 0.1) is 0 Å². The Morgan fingerprint density at radius 2 is 1.05 bits per heavy atom. The van der Waals surface area contributed by atoms with Crippen molar-refractivity contribution in [2.75, 3.05) is 0 Å². The lowest BCUT2D eigenvalue weighted by Gasteiger charge is -2.13. The predicted octanol–water partition coefficient (Wildman–Crippen LogP) is 5.92. The maximum absolute atomic E-state index is 2.36. The molecule has 0 spiro atoms. The van der Waals surface area contributed by atoms with Gasteiger partial charge < -0.3 is 0 Å². The van der Waals surface area contributed by atoms with Crippen LogP contribution in [-0.4, -0.2) is 0 Å². The molecule has 0 N–H and O–H groups in total. The van der Waals surface area contributed by atoms with Crippen LogP contribution in [0.5, 0.6) is 0 Å². The molecule has 1 unspecified atom stereocenters. The van der Waals surface area contributed by atoms with E-state index in [2.05, 4.69) is 104 Å². The Morgan fingerprint density at radius 3 is 1.50 bits per heavy atom. The second-order valence-electron chi connectivity index (χ2n) is 5.51. The second-order valence-corrected chi connectivity index (χ2v) is 5.51. The van der Waals surface area contributed by atoms with Crippen molar-refractivity contribution in [3.05, 3.63) is 114 Å². The van der Waals surface area contributed by atoms with Crippen LogP contribution in [0.4, 0.5) is 0 Å². The predicted molar refractivity (Wildman–Crippen MR) is 94.8 cm³/mol. The molecule has 0 saturated carbocycles. The van der Waals surface area contributed by atoms with Gasteiger partial charge in [0.2, 0.25) is 0 Å². The van der Waals surface area contributed by atoms with E-state index in [1.807, 2.05) is 0 Å². The molecule has 3 aromatic rings. The zero-order valence-corrected chi connectivity index (χ0v) is 12.8. The Balaban J connectivity index is 2.04. The monoisotopic (exact) mass is 284 g/mol. The number of hydrogen-bond acceptors (Lipinski definition) is 0. The summed E-state index contributed by atoms with van der Waals surface area (Å²) in [5, 5.41) is 0. The van der Waals surface area contributed by atoms with Crippen molar-refractivity contribution in [1.29, 1.82) is 0 Å². The molecule has 3 aromatic carbocycles. The summed E-state index contributed by atoms with van der Waals surface area (Å²) in [5.41, 5.74) is 5.15. The van der Waals surface area contributed by atoms with E-state index >= 15 is 0 Å². The highest BCUT2D eigenvalue weighted by molar-refractivity contribution is 5.80. The van der Waals surface area contributed by atoms with Crippen molar-refractivity contribution in [1.82, 2.24) is 0 Å². The van der Waals surface area contributed by atoms with Crippen LogP contribution in [0.1, 0.15) is 29.5 Å². The molecule has 0 radical (unpaired) electrons. The molecule has 0 aliphatic carbocycles. The fourth-order valence-electron chi connectivity index (χ4n) is 2.70. The highest BCUT2D eigenvalue weighted by Gasteiger charge is 2.08. The summed E-state index contributed by atoms with van der Waals surface area (Å²) in [6.07, 6.45) is 2.36. The van der Waals surface area contributed by atoms with Crippen LogP contribution < -0.4 is 0 Å². The minimum absolute atomic E-state index is 0.372. The van der Waals surface area contributed by atoms with Gasteiger partial charge in [-0.15, -0.1) is 0 Å². The van der Waals surface area contributed by atoms with E-state index in [0.717, 1.165) is 0 Å². The van der Waals surface area contributed by atoms with E-state index in [-0.39, 0.29) is 0 Å². The van der Waals surface area contributed by atoms with Crippen LogP contribution in [0.2, 0.25) is 0 Å². The normalized spacial score (nSPS) is 11.7. The summed E-state index contributed by atoms with van der Waals surface area (Å²) in [7, 11) is 0. The summed E-state index contributed by atoms with van der Waals surface area (Å²) in [6.45, 7) is 2.25. The number of allylic oxidation sites excluding steroid dienone is 1. The van der Waals surface area contributed by atoms with Gasteiger partial charge in [0.25, 0.3) is 0 Å². The van der Waals surface area contributed by atoms with Gasteiger partial charge in [-0.05, 0) is 28.2 Å². The molecule has 0 heteroatoms. The van der Waals surface area contributed by atoms with Crippen LogP contribution >= 0.6 is 0 Å². The molecule has 0 fully saturated rings. The third-order valence-electron chi connectivity index (χ3n) is 3.91. The minimum atomic E-state index is 0.372. The van der Waals surface area contributed by atoms with Gasteiger partial charge in [-0.1, -0.05) is 104 Å².